The molecule has 1 aliphatic heterocycles. The van der Waals surface area contributed by atoms with Crippen molar-refractivity contribution in [3.05, 3.63) is 23.8 Å². The Hall–Kier alpha value is -1.29. The highest BCUT2D eigenvalue weighted by molar-refractivity contribution is 7.89. The Morgan fingerprint density at radius 3 is 2.33 bits per heavy atom. The van der Waals surface area contributed by atoms with Crippen LogP contribution in [0, 0.1) is 11.6 Å². The molecule has 6 nitrogen and oxygen atoms in total. The van der Waals surface area contributed by atoms with Crippen molar-refractivity contribution in [3.63, 3.8) is 0 Å². The lowest BCUT2D eigenvalue weighted by molar-refractivity contribution is 0.0318. The summed E-state index contributed by atoms with van der Waals surface area (Å²) in [7, 11) is -4.16. The normalized spacial score (nSPS) is 16.9. The zero-order valence-corrected chi connectivity index (χ0v) is 12.0. The van der Waals surface area contributed by atoms with Gasteiger partial charge in [-0.15, -0.1) is 0 Å². The largest absolute Gasteiger partial charge is 0.486 e. The third-order valence-corrected chi connectivity index (χ3v) is 3.95. The highest BCUT2D eigenvalue weighted by atomic mass is 32.2. The number of morpholine rings is 1. The number of rotatable bonds is 5. The van der Waals surface area contributed by atoms with Gasteiger partial charge in [0, 0.05) is 19.6 Å². The molecule has 0 amide bonds. The number of ether oxygens (including phenoxy) is 2. The van der Waals surface area contributed by atoms with E-state index in [9.17, 15) is 17.2 Å². The number of nitrogens with two attached hydrogens (primary N) is 1. The summed E-state index contributed by atoms with van der Waals surface area (Å²) in [4.78, 5) is 1.41. The number of nitrogens with zero attached hydrogens (tertiary/aromatic N) is 1. The second-order valence-electron chi connectivity index (χ2n) is 4.56. The van der Waals surface area contributed by atoms with Crippen LogP contribution in [-0.2, 0) is 14.8 Å². The lowest BCUT2D eigenvalue weighted by Gasteiger charge is -2.26. The Morgan fingerprint density at radius 2 is 1.81 bits per heavy atom. The number of hydrogen-bond donors (Lipinski definition) is 1. The van der Waals surface area contributed by atoms with Crippen LogP contribution in [0.2, 0.25) is 0 Å². The molecule has 0 atom stereocenters. The van der Waals surface area contributed by atoms with Crippen molar-refractivity contribution < 1.29 is 26.7 Å². The molecule has 1 aliphatic rings. The highest BCUT2D eigenvalue weighted by Gasteiger charge is 2.18. The van der Waals surface area contributed by atoms with Gasteiger partial charge in [0.25, 0.3) is 0 Å². The molecule has 0 unspecified atom stereocenters. The minimum absolute atomic E-state index is 0.0859. The van der Waals surface area contributed by atoms with E-state index in [1.54, 1.807) is 0 Å². The smallest absolute Gasteiger partial charge is 0.238 e. The molecule has 1 aromatic carbocycles. The summed E-state index contributed by atoms with van der Waals surface area (Å²) in [5.41, 5.74) is 0. The Bertz CT molecular complexity index is 580. The van der Waals surface area contributed by atoms with Gasteiger partial charge in [0.1, 0.15) is 6.61 Å². The van der Waals surface area contributed by atoms with E-state index in [1.165, 1.54) is 0 Å². The summed E-state index contributed by atoms with van der Waals surface area (Å²) >= 11 is 0. The summed E-state index contributed by atoms with van der Waals surface area (Å²) in [5.74, 6) is -2.79. The quantitative estimate of drug-likeness (QED) is 0.844. The van der Waals surface area contributed by atoms with Gasteiger partial charge < -0.3 is 9.47 Å². The van der Waals surface area contributed by atoms with Crippen molar-refractivity contribution in [2.45, 2.75) is 4.90 Å². The lowest BCUT2D eigenvalue weighted by Crippen LogP contribution is -2.38. The van der Waals surface area contributed by atoms with Crippen LogP contribution in [0.15, 0.2) is 17.0 Å². The first-order valence-electron chi connectivity index (χ1n) is 6.32. The standard InChI is InChI=1S/C12H16F2N2O4S/c13-10-7-9(21(15,17)18)8-11(14)12(10)20-6-3-16-1-4-19-5-2-16/h7-8H,1-6H2,(H2,15,17,18). The van der Waals surface area contributed by atoms with E-state index in [4.69, 9.17) is 14.6 Å². The topological polar surface area (TPSA) is 81.9 Å². The van der Waals surface area contributed by atoms with Crippen molar-refractivity contribution in [3.8, 4) is 5.75 Å². The van der Waals surface area contributed by atoms with Crippen molar-refractivity contribution in [1.82, 2.24) is 4.90 Å². The van der Waals surface area contributed by atoms with Crippen LogP contribution in [0.25, 0.3) is 0 Å². The second-order valence-corrected chi connectivity index (χ2v) is 6.12. The van der Waals surface area contributed by atoms with Crippen LogP contribution in [0.3, 0.4) is 0 Å². The van der Waals surface area contributed by atoms with Gasteiger partial charge in [0.05, 0.1) is 18.1 Å². The van der Waals surface area contributed by atoms with Gasteiger partial charge in [0.2, 0.25) is 10.0 Å². The van der Waals surface area contributed by atoms with Gasteiger partial charge in [-0.25, -0.2) is 22.3 Å². The Kier molecular flexibility index (Phi) is 5.09. The molecule has 0 saturated carbocycles. The van der Waals surface area contributed by atoms with Gasteiger partial charge in [-0.2, -0.15) is 0 Å². The summed E-state index contributed by atoms with van der Waals surface area (Å²) in [6, 6.07) is 1.28. The van der Waals surface area contributed by atoms with Crippen molar-refractivity contribution in [1.29, 1.82) is 0 Å². The molecule has 1 fully saturated rings. The maximum Gasteiger partial charge on any atom is 0.238 e. The lowest BCUT2D eigenvalue weighted by atomic mass is 10.3. The van der Waals surface area contributed by atoms with Crippen LogP contribution >= 0.6 is 0 Å². The molecule has 2 rings (SSSR count). The van der Waals surface area contributed by atoms with Gasteiger partial charge in [-0.1, -0.05) is 0 Å². The van der Waals surface area contributed by atoms with E-state index in [0.717, 1.165) is 13.1 Å². The molecule has 1 saturated heterocycles. The molecule has 0 bridgehead atoms. The van der Waals surface area contributed by atoms with Crippen LogP contribution in [0.4, 0.5) is 8.78 Å². The zero-order valence-electron chi connectivity index (χ0n) is 11.2. The van der Waals surface area contributed by atoms with E-state index < -0.39 is 32.3 Å². The number of sulfonamides is 1. The van der Waals surface area contributed by atoms with E-state index in [0.29, 0.717) is 31.9 Å². The van der Waals surface area contributed by atoms with Crippen LogP contribution in [-0.4, -0.2) is 52.8 Å². The van der Waals surface area contributed by atoms with Gasteiger partial charge in [0.15, 0.2) is 17.4 Å². The SMILES string of the molecule is NS(=O)(=O)c1cc(F)c(OCCN2CCOCC2)c(F)c1. The van der Waals surface area contributed by atoms with Crippen LogP contribution < -0.4 is 9.88 Å². The second kappa shape index (κ2) is 6.65. The van der Waals surface area contributed by atoms with Crippen LogP contribution in [0.1, 0.15) is 0 Å². The molecule has 0 aromatic heterocycles. The minimum atomic E-state index is -4.16. The average Bonchev–Trinajstić information content (AvgIpc) is 2.42. The predicted octanol–water partition coefficient (Wildman–Crippen LogP) is 0.323. The maximum absolute atomic E-state index is 13.7. The molecule has 118 valence electrons. The molecule has 21 heavy (non-hydrogen) atoms. The maximum atomic E-state index is 13.7. The monoisotopic (exact) mass is 322 g/mol. The number of hydrogen-bond acceptors (Lipinski definition) is 5. The van der Waals surface area contributed by atoms with E-state index in [1.807, 2.05) is 4.90 Å². The first-order valence-corrected chi connectivity index (χ1v) is 7.87. The fourth-order valence-electron chi connectivity index (χ4n) is 1.94. The molecule has 0 spiro atoms. The Morgan fingerprint density at radius 1 is 1.24 bits per heavy atom. The zero-order chi connectivity index (χ0) is 15.5. The molecule has 2 N–H and O–H groups in total. The van der Waals surface area contributed by atoms with Crippen molar-refractivity contribution in [2.75, 3.05) is 39.5 Å². The molecule has 1 heterocycles. The van der Waals surface area contributed by atoms with Crippen molar-refractivity contribution in [2.24, 2.45) is 5.14 Å². The fraction of sp³-hybridized carbons (Fsp3) is 0.500. The summed E-state index contributed by atoms with van der Waals surface area (Å²) in [5, 5.41) is 4.82. The summed E-state index contributed by atoms with van der Waals surface area (Å²) in [6.07, 6.45) is 0. The summed E-state index contributed by atoms with van der Waals surface area (Å²) in [6.45, 7) is 3.29. The van der Waals surface area contributed by atoms with E-state index in [-0.39, 0.29) is 6.61 Å². The first kappa shape index (κ1) is 16.1. The number of primary sulfonamides is 1. The third-order valence-electron chi connectivity index (χ3n) is 3.06. The minimum Gasteiger partial charge on any atom is -0.486 e. The van der Waals surface area contributed by atoms with Gasteiger partial charge >= 0.3 is 0 Å². The van der Waals surface area contributed by atoms with Crippen LogP contribution in [0.5, 0.6) is 5.75 Å². The molecule has 0 radical (unpaired) electrons. The highest BCUT2D eigenvalue weighted by Crippen LogP contribution is 2.25. The predicted molar refractivity (Wildman–Crippen MR) is 70.5 cm³/mol. The average molecular weight is 322 g/mol. The summed E-state index contributed by atoms with van der Waals surface area (Å²) < 4.78 is 59.7. The van der Waals surface area contributed by atoms with Crippen molar-refractivity contribution >= 4 is 10.0 Å². The number of benzene rings is 1. The molecule has 9 heteroatoms. The Balaban J connectivity index is 2.00. The third kappa shape index (κ3) is 4.34. The fourth-order valence-corrected chi connectivity index (χ4v) is 2.48. The first-order chi connectivity index (χ1) is 9.88. The van der Waals surface area contributed by atoms with Gasteiger partial charge in [-0.05, 0) is 12.1 Å². The number of halogens is 2. The van der Waals surface area contributed by atoms with Gasteiger partial charge in [-0.3, -0.25) is 4.90 Å². The molecule has 0 aliphatic carbocycles. The molecular formula is C12H16F2N2O4S. The van der Waals surface area contributed by atoms with E-state index in [2.05, 4.69) is 0 Å². The van der Waals surface area contributed by atoms with E-state index >= 15 is 0 Å². The molecular weight excluding hydrogens is 306 g/mol. The Labute approximate surface area is 121 Å². The molecule has 1 aromatic rings.